The van der Waals surface area contributed by atoms with Crippen LogP contribution in [0.3, 0.4) is 0 Å². The minimum Gasteiger partial charge on any atom is -0.397 e. The molecule has 0 saturated heterocycles. The number of aliphatic hydroxyl groups is 1. The predicted molar refractivity (Wildman–Crippen MR) is 59.6 cm³/mol. The van der Waals surface area contributed by atoms with Crippen LogP contribution in [0.15, 0.2) is 28.6 Å². The molecule has 1 aromatic carbocycles. The van der Waals surface area contributed by atoms with Crippen molar-refractivity contribution >= 4 is 34.2 Å². The summed E-state index contributed by atoms with van der Waals surface area (Å²) in [7, 11) is 0. The Kier molecular flexibility index (Phi) is 4.21. The second-order valence-corrected chi connectivity index (χ2v) is 4.04. The molecule has 1 N–H and O–H groups in total. The molecule has 0 amide bonds. The Balaban J connectivity index is 0.000000251. The van der Waals surface area contributed by atoms with Gasteiger partial charge in [0.2, 0.25) is 0 Å². The van der Waals surface area contributed by atoms with Crippen molar-refractivity contribution in [1.29, 1.82) is 0 Å². The van der Waals surface area contributed by atoms with E-state index in [9.17, 15) is 0 Å². The average Bonchev–Trinajstić information content (AvgIpc) is 2.45. The van der Waals surface area contributed by atoms with Gasteiger partial charge in [-0.15, -0.1) is 24.0 Å². The van der Waals surface area contributed by atoms with Crippen LogP contribution in [-0.4, -0.2) is 16.7 Å². The van der Waals surface area contributed by atoms with Gasteiger partial charge in [0, 0.05) is 6.61 Å². The number of aliphatic hydroxyl groups excluding tert-OH is 1. The fourth-order valence-electron chi connectivity index (χ4n) is 0.860. The number of hydrogen-bond acceptors (Lipinski definition) is 4. The smallest absolute Gasteiger partial charge is 0.148 e. The van der Waals surface area contributed by atoms with Crippen molar-refractivity contribution in [1.82, 2.24) is 4.98 Å². The number of nitrogens with zero attached hydrogens (tertiary/aromatic N) is 1. The molecule has 0 radical (unpaired) electrons. The summed E-state index contributed by atoms with van der Waals surface area (Å²) in [4.78, 5) is 4.20. The Bertz CT molecular complexity index is 339. The summed E-state index contributed by atoms with van der Waals surface area (Å²) in [5.74, 6) is 0. The summed E-state index contributed by atoms with van der Waals surface area (Å²) in [5.41, 5.74) is 1.04. The molecular formula is C9H11NOS2. The van der Waals surface area contributed by atoms with Crippen LogP contribution in [0.4, 0.5) is 0 Å². The average molecular weight is 213 g/mol. The molecule has 2 nitrogen and oxygen atoms in total. The van der Waals surface area contributed by atoms with Gasteiger partial charge < -0.3 is 5.11 Å². The van der Waals surface area contributed by atoms with Crippen molar-refractivity contribution in [3.05, 3.63) is 24.3 Å². The number of aromatic nitrogens is 1. The zero-order valence-corrected chi connectivity index (χ0v) is 8.98. The van der Waals surface area contributed by atoms with Crippen molar-refractivity contribution in [3.63, 3.8) is 0 Å². The van der Waals surface area contributed by atoms with Crippen LogP contribution < -0.4 is 0 Å². The van der Waals surface area contributed by atoms with Gasteiger partial charge >= 0.3 is 0 Å². The van der Waals surface area contributed by atoms with Gasteiger partial charge in [0.05, 0.1) is 10.2 Å². The number of thiazole rings is 1. The maximum Gasteiger partial charge on any atom is 0.148 e. The third-order valence-electron chi connectivity index (χ3n) is 1.28. The standard InChI is InChI=1S/C7H5NS2.C2H6O/c9-7-8-5-3-1-2-4-6(5)10-7;1-2-3/h1-4H,(H,8,9);3H,2H2,1H3. The van der Waals surface area contributed by atoms with Crippen LogP contribution in [0.2, 0.25) is 0 Å². The van der Waals surface area contributed by atoms with E-state index in [1.54, 1.807) is 18.3 Å². The quantitative estimate of drug-likeness (QED) is 0.659. The number of hydrogen-bond donors (Lipinski definition) is 2. The fraction of sp³-hybridized carbons (Fsp3) is 0.222. The summed E-state index contributed by atoms with van der Waals surface area (Å²) < 4.78 is 2.04. The maximum atomic E-state index is 7.57. The van der Waals surface area contributed by atoms with Crippen LogP contribution in [0.25, 0.3) is 10.2 Å². The molecule has 70 valence electrons. The van der Waals surface area contributed by atoms with Gasteiger partial charge in [0.1, 0.15) is 4.34 Å². The molecule has 4 heteroatoms. The highest BCUT2D eigenvalue weighted by atomic mass is 32.2. The molecular weight excluding hydrogens is 202 g/mol. The topological polar surface area (TPSA) is 33.1 Å². The summed E-state index contributed by atoms with van der Waals surface area (Å²) in [6.07, 6.45) is 0. The number of benzene rings is 1. The van der Waals surface area contributed by atoms with Crippen LogP contribution in [-0.2, 0) is 0 Å². The lowest BCUT2D eigenvalue weighted by Crippen LogP contribution is -1.63. The highest BCUT2D eigenvalue weighted by Crippen LogP contribution is 2.23. The maximum absolute atomic E-state index is 7.57. The molecule has 0 bridgehead atoms. The lowest BCUT2D eigenvalue weighted by molar-refractivity contribution is 0.318. The number of para-hydroxylation sites is 1. The molecule has 0 aliphatic rings. The van der Waals surface area contributed by atoms with Gasteiger partial charge in [-0.2, -0.15) is 0 Å². The third kappa shape index (κ3) is 2.99. The summed E-state index contributed by atoms with van der Waals surface area (Å²) in [5, 5.41) is 7.57. The van der Waals surface area contributed by atoms with Gasteiger partial charge in [-0.25, -0.2) is 4.98 Å². The lowest BCUT2D eigenvalue weighted by atomic mass is 10.3. The van der Waals surface area contributed by atoms with Crippen LogP contribution >= 0.6 is 24.0 Å². The molecule has 0 aliphatic heterocycles. The van der Waals surface area contributed by atoms with Gasteiger partial charge in [0.15, 0.2) is 0 Å². The first-order valence-corrected chi connectivity index (χ1v) is 5.19. The Morgan fingerprint density at radius 3 is 2.69 bits per heavy atom. The Morgan fingerprint density at radius 2 is 2.08 bits per heavy atom. The second-order valence-electron chi connectivity index (χ2n) is 2.28. The molecule has 1 aromatic heterocycles. The van der Waals surface area contributed by atoms with Gasteiger partial charge in [-0.1, -0.05) is 12.1 Å². The Morgan fingerprint density at radius 1 is 1.46 bits per heavy atom. The van der Waals surface area contributed by atoms with Crippen LogP contribution in [0, 0.1) is 0 Å². The minimum atomic E-state index is 0.250. The van der Waals surface area contributed by atoms with E-state index in [0.717, 1.165) is 9.86 Å². The highest BCUT2D eigenvalue weighted by molar-refractivity contribution is 7.82. The first kappa shape index (κ1) is 10.5. The molecule has 0 aliphatic carbocycles. The van der Waals surface area contributed by atoms with E-state index in [1.165, 1.54) is 4.70 Å². The second kappa shape index (κ2) is 5.21. The van der Waals surface area contributed by atoms with E-state index in [0.29, 0.717) is 0 Å². The zero-order valence-electron chi connectivity index (χ0n) is 7.27. The van der Waals surface area contributed by atoms with Gasteiger partial charge in [-0.3, -0.25) is 0 Å². The molecule has 2 rings (SSSR count). The lowest BCUT2D eigenvalue weighted by Gasteiger charge is -1.80. The van der Waals surface area contributed by atoms with Crippen molar-refractivity contribution in [2.75, 3.05) is 6.61 Å². The predicted octanol–water partition coefficient (Wildman–Crippen LogP) is 2.58. The number of rotatable bonds is 0. The van der Waals surface area contributed by atoms with Crippen molar-refractivity contribution in [2.45, 2.75) is 11.3 Å². The zero-order chi connectivity index (χ0) is 9.68. The van der Waals surface area contributed by atoms with Gasteiger partial charge in [-0.05, 0) is 19.1 Å². The number of fused-ring (bicyclic) bond motifs is 1. The van der Waals surface area contributed by atoms with Crippen LogP contribution in [0.1, 0.15) is 6.92 Å². The van der Waals surface area contributed by atoms with E-state index in [-0.39, 0.29) is 6.61 Å². The normalized spacial score (nSPS) is 9.46. The molecule has 1 heterocycles. The van der Waals surface area contributed by atoms with Crippen molar-refractivity contribution in [3.8, 4) is 0 Å². The molecule has 0 atom stereocenters. The first-order valence-electron chi connectivity index (χ1n) is 3.93. The number of thiol groups is 1. The molecule has 2 aromatic rings. The summed E-state index contributed by atoms with van der Waals surface area (Å²) >= 11 is 5.76. The van der Waals surface area contributed by atoms with Crippen molar-refractivity contribution < 1.29 is 5.11 Å². The molecule has 0 unspecified atom stereocenters. The SMILES string of the molecule is CCO.Sc1nc2ccccc2s1. The minimum absolute atomic E-state index is 0.250. The Hall–Kier alpha value is -0.580. The van der Waals surface area contributed by atoms with E-state index in [2.05, 4.69) is 17.6 Å². The molecule has 13 heavy (non-hydrogen) atoms. The first-order chi connectivity index (χ1) is 6.27. The van der Waals surface area contributed by atoms with E-state index in [1.807, 2.05) is 24.3 Å². The van der Waals surface area contributed by atoms with Crippen LogP contribution in [0.5, 0.6) is 0 Å². The molecule has 0 spiro atoms. The molecule has 0 saturated carbocycles. The largest absolute Gasteiger partial charge is 0.397 e. The van der Waals surface area contributed by atoms with Gasteiger partial charge in [0.25, 0.3) is 0 Å². The highest BCUT2D eigenvalue weighted by Gasteiger charge is 1.96. The van der Waals surface area contributed by atoms with E-state index >= 15 is 0 Å². The van der Waals surface area contributed by atoms with E-state index < -0.39 is 0 Å². The monoisotopic (exact) mass is 213 g/mol. The molecule has 0 fully saturated rings. The Labute approximate surface area is 86.7 Å². The summed E-state index contributed by atoms with van der Waals surface area (Å²) in [6, 6.07) is 8.03. The van der Waals surface area contributed by atoms with E-state index in [4.69, 9.17) is 5.11 Å². The third-order valence-corrected chi connectivity index (χ3v) is 2.50. The summed E-state index contributed by atoms with van der Waals surface area (Å²) in [6.45, 7) is 1.93. The van der Waals surface area contributed by atoms with Crippen molar-refractivity contribution in [2.24, 2.45) is 0 Å². The fourth-order valence-corrected chi connectivity index (χ4v) is 1.97.